The van der Waals surface area contributed by atoms with Crippen molar-refractivity contribution in [3.63, 3.8) is 0 Å². The van der Waals surface area contributed by atoms with Crippen molar-refractivity contribution in [2.45, 2.75) is 18.4 Å². The summed E-state index contributed by atoms with van der Waals surface area (Å²) in [5, 5.41) is 0. The smallest absolute Gasteiger partial charge is 0.256 e. The Balaban J connectivity index is 1.64. The summed E-state index contributed by atoms with van der Waals surface area (Å²) in [5.74, 6) is 2.19. The van der Waals surface area contributed by atoms with Gasteiger partial charge in [-0.05, 0) is 30.2 Å². The van der Waals surface area contributed by atoms with Crippen LogP contribution in [-0.4, -0.2) is 50.9 Å². The molecular formula is C21H22N2O4. The second-order valence-electron chi connectivity index (χ2n) is 6.73. The predicted octanol–water partition coefficient (Wildman–Crippen LogP) is 3.43. The van der Waals surface area contributed by atoms with Crippen LogP contribution in [0.25, 0.3) is 0 Å². The van der Waals surface area contributed by atoms with Crippen LogP contribution in [0.1, 0.15) is 28.3 Å². The highest BCUT2D eigenvalue weighted by molar-refractivity contribution is 6.03. The number of hydrogen-bond acceptors (Lipinski definition) is 5. The Labute approximate surface area is 158 Å². The number of rotatable bonds is 4. The molecule has 0 unspecified atom stereocenters. The molecule has 4 rings (SSSR count). The molecule has 0 bridgehead atoms. The highest BCUT2D eigenvalue weighted by Gasteiger charge is 2.38. The summed E-state index contributed by atoms with van der Waals surface area (Å²) in [6.07, 6.45) is 2.73. The molecule has 27 heavy (non-hydrogen) atoms. The second kappa shape index (κ2) is 6.95. The normalized spacial score (nSPS) is 20.7. The van der Waals surface area contributed by atoms with Crippen LogP contribution in [0, 0.1) is 0 Å². The zero-order valence-corrected chi connectivity index (χ0v) is 15.6. The summed E-state index contributed by atoms with van der Waals surface area (Å²) in [7, 11) is 4.79. The molecule has 0 saturated carbocycles. The van der Waals surface area contributed by atoms with Crippen LogP contribution in [0.4, 0.5) is 5.69 Å². The molecule has 2 aliphatic rings. The van der Waals surface area contributed by atoms with Crippen LogP contribution in [-0.2, 0) is 0 Å². The second-order valence-corrected chi connectivity index (χ2v) is 6.73. The quantitative estimate of drug-likeness (QED) is 0.832. The lowest BCUT2D eigenvalue weighted by molar-refractivity contribution is 0.0772. The van der Waals surface area contributed by atoms with Crippen LogP contribution >= 0.6 is 0 Å². The van der Waals surface area contributed by atoms with Gasteiger partial charge in [-0.1, -0.05) is 12.1 Å². The number of nitrogens with zero attached hydrogens (tertiary/aromatic N) is 2. The number of aliphatic imine (C=N–C) groups is 1. The summed E-state index contributed by atoms with van der Waals surface area (Å²) in [4.78, 5) is 19.7. The SMILES string of the molecule is COc1ccc([C@H]2C[C@H]3C=Nc4cc(OC)c(OC)cc4C(=O)N3C2)cc1. The van der Waals surface area contributed by atoms with Gasteiger partial charge in [-0.25, -0.2) is 0 Å². The molecule has 1 fully saturated rings. The topological polar surface area (TPSA) is 60.4 Å². The molecule has 0 spiro atoms. The first-order chi connectivity index (χ1) is 13.1. The predicted molar refractivity (Wildman–Crippen MR) is 103 cm³/mol. The van der Waals surface area contributed by atoms with E-state index >= 15 is 0 Å². The molecule has 0 aliphatic carbocycles. The molecule has 6 nitrogen and oxygen atoms in total. The van der Waals surface area contributed by atoms with Crippen molar-refractivity contribution in [3.8, 4) is 17.2 Å². The fourth-order valence-electron chi connectivity index (χ4n) is 3.83. The van der Waals surface area contributed by atoms with Gasteiger partial charge >= 0.3 is 0 Å². The van der Waals surface area contributed by atoms with E-state index in [1.165, 1.54) is 5.56 Å². The van der Waals surface area contributed by atoms with E-state index in [0.717, 1.165) is 12.2 Å². The maximum atomic E-state index is 13.2. The maximum Gasteiger partial charge on any atom is 0.256 e. The molecule has 0 N–H and O–H groups in total. The molecule has 0 radical (unpaired) electrons. The lowest BCUT2D eigenvalue weighted by Crippen LogP contribution is -2.35. The number of amides is 1. The minimum atomic E-state index is -0.0236. The first kappa shape index (κ1) is 17.4. The molecule has 2 atom stereocenters. The third kappa shape index (κ3) is 3.01. The maximum absolute atomic E-state index is 13.2. The molecule has 2 heterocycles. The molecule has 0 aromatic heterocycles. The minimum absolute atomic E-state index is 0.0195. The zero-order valence-electron chi connectivity index (χ0n) is 15.6. The van der Waals surface area contributed by atoms with E-state index in [2.05, 4.69) is 17.1 Å². The van der Waals surface area contributed by atoms with E-state index in [9.17, 15) is 4.79 Å². The summed E-state index contributed by atoms with van der Waals surface area (Å²) >= 11 is 0. The van der Waals surface area contributed by atoms with Gasteiger partial charge in [-0.3, -0.25) is 9.79 Å². The van der Waals surface area contributed by atoms with Crippen LogP contribution in [0.5, 0.6) is 17.2 Å². The van der Waals surface area contributed by atoms with Crippen LogP contribution in [0.2, 0.25) is 0 Å². The van der Waals surface area contributed by atoms with Gasteiger partial charge < -0.3 is 19.1 Å². The van der Waals surface area contributed by atoms with E-state index in [1.807, 2.05) is 23.2 Å². The van der Waals surface area contributed by atoms with E-state index in [-0.39, 0.29) is 17.9 Å². The number of methoxy groups -OCH3 is 3. The Hall–Kier alpha value is -3.02. The van der Waals surface area contributed by atoms with Crippen LogP contribution in [0.3, 0.4) is 0 Å². The lowest BCUT2D eigenvalue weighted by atomic mass is 9.96. The average molecular weight is 366 g/mol. The third-order valence-corrected chi connectivity index (χ3v) is 5.31. The highest BCUT2D eigenvalue weighted by atomic mass is 16.5. The van der Waals surface area contributed by atoms with Gasteiger partial charge in [0.1, 0.15) is 5.75 Å². The summed E-state index contributed by atoms with van der Waals surface area (Å²) < 4.78 is 15.9. The first-order valence-corrected chi connectivity index (χ1v) is 8.89. The first-order valence-electron chi connectivity index (χ1n) is 8.89. The van der Waals surface area contributed by atoms with Crippen molar-refractivity contribution in [1.29, 1.82) is 0 Å². The van der Waals surface area contributed by atoms with E-state index < -0.39 is 0 Å². The Morgan fingerprint density at radius 2 is 1.70 bits per heavy atom. The van der Waals surface area contributed by atoms with Crippen molar-refractivity contribution >= 4 is 17.8 Å². The van der Waals surface area contributed by atoms with Crippen LogP contribution in [0.15, 0.2) is 41.4 Å². The molecule has 2 aromatic rings. The largest absolute Gasteiger partial charge is 0.497 e. The number of carbonyl (C=O) groups excluding carboxylic acids is 1. The van der Waals surface area contributed by atoms with Gasteiger partial charge in [0, 0.05) is 24.7 Å². The molecule has 2 aromatic carbocycles. The molecule has 1 amide bonds. The monoisotopic (exact) mass is 366 g/mol. The minimum Gasteiger partial charge on any atom is -0.497 e. The standard InChI is InChI=1S/C21H22N2O4/c1-25-16-6-4-13(5-7-16)14-8-15-11-22-18-10-20(27-3)19(26-2)9-17(18)21(24)23(15)12-14/h4-7,9-11,14-15H,8,12H2,1-3H3/t14-,15-/m0/s1. The fraction of sp³-hybridized carbons (Fsp3) is 0.333. The van der Waals surface area contributed by atoms with Gasteiger partial charge in [0.2, 0.25) is 0 Å². The number of benzene rings is 2. The van der Waals surface area contributed by atoms with Gasteiger partial charge in [0.15, 0.2) is 11.5 Å². The Kier molecular flexibility index (Phi) is 4.48. The Bertz CT molecular complexity index is 892. The van der Waals surface area contributed by atoms with Crippen molar-refractivity contribution in [2.24, 2.45) is 4.99 Å². The number of hydrogen-bond donors (Lipinski definition) is 0. The lowest BCUT2D eigenvalue weighted by Gasteiger charge is -2.20. The van der Waals surface area contributed by atoms with Crippen molar-refractivity contribution in [3.05, 3.63) is 47.5 Å². The van der Waals surface area contributed by atoms with Crippen LogP contribution < -0.4 is 14.2 Å². The number of fused-ring (bicyclic) bond motifs is 2. The Morgan fingerprint density at radius 3 is 2.37 bits per heavy atom. The number of ether oxygens (including phenoxy) is 3. The zero-order chi connectivity index (χ0) is 19.0. The molecule has 2 aliphatic heterocycles. The van der Waals surface area contributed by atoms with Crippen molar-refractivity contribution < 1.29 is 19.0 Å². The molecule has 140 valence electrons. The van der Waals surface area contributed by atoms with Gasteiger partial charge in [0.05, 0.1) is 38.6 Å². The average Bonchev–Trinajstić information content (AvgIpc) is 3.10. The summed E-state index contributed by atoms with van der Waals surface area (Å²) in [5.41, 5.74) is 2.37. The summed E-state index contributed by atoms with van der Waals surface area (Å²) in [6.45, 7) is 0.662. The van der Waals surface area contributed by atoms with Gasteiger partial charge in [-0.2, -0.15) is 0 Å². The highest BCUT2D eigenvalue weighted by Crippen LogP contribution is 2.40. The van der Waals surface area contributed by atoms with Crippen molar-refractivity contribution in [1.82, 2.24) is 4.90 Å². The van der Waals surface area contributed by atoms with E-state index in [0.29, 0.717) is 29.3 Å². The fourth-order valence-corrected chi connectivity index (χ4v) is 3.83. The van der Waals surface area contributed by atoms with E-state index in [1.54, 1.807) is 33.5 Å². The molecule has 1 saturated heterocycles. The Morgan fingerprint density at radius 1 is 1.00 bits per heavy atom. The van der Waals surface area contributed by atoms with E-state index in [4.69, 9.17) is 14.2 Å². The number of carbonyl (C=O) groups is 1. The third-order valence-electron chi connectivity index (χ3n) is 5.31. The van der Waals surface area contributed by atoms with Crippen molar-refractivity contribution in [2.75, 3.05) is 27.9 Å². The van der Waals surface area contributed by atoms with Gasteiger partial charge in [-0.15, -0.1) is 0 Å². The summed E-state index contributed by atoms with van der Waals surface area (Å²) in [6, 6.07) is 11.5. The van der Waals surface area contributed by atoms with Gasteiger partial charge in [0.25, 0.3) is 5.91 Å². The molecular weight excluding hydrogens is 344 g/mol. The molecule has 6 heteroatoms.